The number of aromatic nitrogens is 3. The fourth-order valence-corrected chi connectivity index (χ4v) is 3.32. The van der Waals surface area contributed by atoms with Gasteiger partial charge in [-0.2, -0.15) is 5.10 Å². The van der Waals surface area contributed by atoms with Crippen LogP contribution in [-0.4, -0.2) is 27.6 Å². The summed E-state index contributed by atoms with van der Waals surface area (Å²) in [6.45, 7) is 3.52. The van der Waals surface area contributed by atoms with Crippen LogP contribution in [0.2, 0.25) is 5.02 Å². The lowest BCUT2D eigenvalue weighted by atomic mass is 10.2. The summed E-state index contributed by atoms with van der Waals surface area (Å²) in [7, 11) is 0. The quantitative estimate of drug-likeness (QED) is 0.388. The van der Waals surface area contributed by atoms with Gasteiger partial charge in [-0.05, 0) is 37.3 Å². The minimum absolute atomic E-state index is 0.429. The number of halogens is 1. The lowest BCUT2D eigenvalue weighted by Crippen LogP contribution is -2.11. The third-order valence-electron chi connectivity index (χ3n) is 4.48. The second kappa shape index (κ2) is 8.88. The molecule has 0 aliphatic carbocycles. The summed E-state index contributed by atoms with van der Waals surface area (Å²) >= 11 is 6.41. The largest absolute Gasteiger partial charge is 0.490 e. The fraction of sp³-hybridized carbons (Fsp3) is 0.174. The maximum atomic E-state index is 6.41. The van der Waals surface area contributed by atoms with Gasteiger partial charge < -0.3 is 14.0 Å². The summed E-state index contributed by atoms with van der Waals surface area (Å²) in [6.07, 6.45) is 3.95. The van der Waals surface area contributed by atoms with Crippen LogP contribution in [0.1, 0.15) is 6.92 Å². The standard InChI is InChI=1S/C23H22ClN3O2/c1-2-28-23-17-21(18-8-4-3-5-9-18)25-27(23)14-15-29-22-11-10-19(16-20(22)24)26-12-6-7-13-26/h3-13,16-17H,2,14-15H2,1H3. The van der Waals surface area contributed by atoms with E-state index in [-0.39, 0.29) is 0 Å². The number of nitrogens with zero attached hydrogens (tertiary/aromatic N) is 3. The zero-order chi connectivity index (χ0) is 20.1. The Morgan fingerprint density at radius 1 is 0.931 bits per heavy atom. The van der Waals surface area contributed by atoms with Crippen molar-refractivity contribution in [3.05, 3.63) is 84.1 Å². The molecular weight excluding hydrogens is 386 g/mol. The average Bonchev–Trinajstić information content (AvgIpc) is 3.41. The normalized spacial score (nSPS) is 10.8. The van der Waals surface area contributed by atoms with Crippen LogP contribution < -0.4 is 9.47 Å². The first-order valence-electron chi connectivity index (χ1n) is 9.56. The van der Waals surface area contributed by atoms with Gasteiger partial charge in [0, 0.05) is 29.7 Å². The van der Waals surface area contributed by atoms with Crippen LogP contribution in [0, 0.1) is 0 Å². The van der Waals surface area contributed by atoms with Crippen LogP contribution in [0.25, 0.3) is 16.9 Å². The maximum absolute atomic E-state index is 6.41. The Labute approximate surface area is 175 Å². The van der Waals surface area contributed by atoms with Crippen LogP contribution in [0.4, 0.5) is 0 Å². The van der Waals surface area contributed by atoms with Crippen molar-refractivity contribution in [2.24, 2.45) is 0 Å². The van der Waals surface area contributed by atoms with Gasteiger partial charge >= 0.3 is 0 Å². The van der Waals surface area contributed by atoms with Crippen LogP contribution in [0.3, 0.4) is 0 Å². The minimum Gasteiger partial charge on any atom is -0.490 e. The molecule has 0 radical (unpaired) electrons. The molecule has 0 bridgehead atoms. The molecule has 2 aromatic carbocycles. The highest BCUT2D eigenvalue weighted by Gasteiger charge is 2.11. The molecule has 0 unspecified atom stereocenters. The predicted octanol–water partition coefficient (Wildman–Crippen LogP) is 5.47. The van der Waals surface area contributed by atoms with Crippen molar-refractivity contribution in [2.75, 3.05) is 13.2 Å². The monoisotopic (exact) mass is 407 g/mol. The van der Waals surface area contributed by atoms with Crippen molar-refractivity contribution in [2.45, 2.75) is 13.5 Å². The van der Waals surface area contributed by atoms with E-state index in [0.29, 0.717) is 30.5 Å². The Kier molecular flexibility index (Phi) is 5.86. The molecule has 0 N–H and O–H groups in total. The molecule has 148 valence electrons. The SMILES string of the molecule is CCOc1cc(-c2ccccc2)nn1CCOc1ccc(-n2cccc2)cc1Cl. The van der Waals surface area contributed by atoms with E-state index < -0.39 is 0 Å². The van der Waals surface area contributed by atoms with Gasteiger partial charge in [0.05, 0.1) is 23.9 Å². The average molecular weight is 408 g/mol. The molecule has 0 aliphatic rings. The highest BCUT2D eigenvalue weighted by atomic mass is 35.5. The topological polar surface area (TPSA) is 41.2 Å². The molecular formula is C23H22ClN3O2. The molecule has 5 nitrogen and oxygen atoms in total. The van der Waals surface area contributed by atoms with Gasteiger partial charge in [0.2, 0.25) is 5.88 Å². The second-order valence-electron chi connectivity index (χ2n) is 6.44. The van der Waals surface area contributed by atoms with Crippen LogP contribution in [0.15, 0.2) is 79.1 Å². The maximum Gasteiger partial charge on any atom is 0.212 e. The van der Waals surface area contributed by atoms with Crippen LogP contribution >= 0.6 is 11.6 Å². The molecule has 2 heterocycles. The predicted molar refractivity (Wildman–Crippen MR) is 115 cm³/mol. The van der Waals surface area contributed by atoms with Gasteiger partial charge in [-0.3, -0.25) is 0 Å². The van der Waals surface area contributed by atoms with E-state index in [4.69, 9.17) is 21.1 Å². The zero-order valence-corrected chi connectivity index (χ0v) is 16.9. The van der Waals surface area contributed by atoms with Crippen molar-refractivity contribution < 1.29 is 9.47 Å². The summed E-state index contributed by atoms with van der Waals surface area (Å²) in [5.41, 5.74) is 2.92. The molecule has 4 rings (SSSR count). The third kappa shape index (κ3) is 4.46. The molecule has 0 saturated carbocycles. The molecule has 0 atom stereocenters. The Balaban J connectivity index is 1.44. The summed E-state index contributed by atoms with van der Waals surface area (Å²) in [5, 5.41) is 5.25. The smallest absolute Gasteiger partial charge is 0.212 e. The summed E-state index contributed by atoms with van der Waals surface area (Å²) in [4.78, 5) is 0. The molecule has 0 amide bonds. The Morgan fingerprint density at radius 2 is 1.72 bits per heavy atom. The number of rotatable bonds is 8. The van der Waals surface area contributed by atoms with Crippen molar-refractivity contribution in [1.29, 1.82) is 0 Å². The fourth-order valence-electron chi connectivity index (χ4n) is 3.09. The van der Waals surface area contributed by atoms with Crippen molar-refractivity contribution >= 4 is 11.6 Å². The van der Waals surface area contributed by atoms with E-state index in [1.807, 2.05) is 95.3 Å². The van der Waals surface area contributed by atoms with Gasteiger partial charge in [-0.25, -0.2) is 4.68 Å². The molecule has 0 saturated heterocycles. The Bertz CT molecular complexity index is 1060. The molecule has 29 heavy (non-hydrogen) atoms. The highest BCUT2D eigenvalue weighted by molar-refractivity contribution is 6.32. The first kappa shape index (κ1) is 19.2. The van der Waals surface area contributed by atoms with E-state index in [2.05, 4.69) is 5.10 Å². The number of hydrogen-bond acceptors (Lipinski definition) is 3. The van der Waals surface area contributed by atoms with Crippen molar-refractivity contribution in [3.63, 3.8) is 0 Å². The lowest BCUT2D eigenvalue weighted by molar-refractivity contribution is 0.260. The van der Waals surface area contributed by atoms with E-state index in [9.17, 15) is 0 Å². The summed E-state index contributed by atoms with van der Waals surface area (Å²) in [6, 6.07) is 21.7. The van der Waals surface area contributed by atoms with E-state index in [1.54, 1.807) is 0 Å². The van der Waals surface area contributed by atoms with Crippen molar-refractivity contribution in [3.8, 4) is 28.6 Å². The molecule has 2 aromatic heterocycles. The van der Waals surface area contributed by atoms with Gasteiger partial charge in [0.1, 0.15) is 12.4 Å². The first-order valence-corrected chi connectivity index (χ1v) is 9.94. The van der Waals surface area contributed by atoms with Gasteiger partial charge in [0.25, 0.3) is 0 Å². The van der Waals surface area contributed by atoms with Crippen LogP contribution in [0.5, 0.6) is 11.6 Å². The third-order valence-corrected chi connectivity index (χ3v) is 4.78. The number of hydrogen-bond donors (Lipinski definition) is 0. The first-order chi connectivity index (χ1) is 14.2. The molecule has 0 fully saturated rings. The Hall–Kier alpha value is -3.18. The molecule has 0 spiro atoms. The van der Waals surface area contributed by atoms with E-state index in [0.717, 1.165) is 22.8 Å². The number of ether oxygens (including phenoxy) is 2. The highest BCUT2D eigenvalue weighted by Crippen LogP contribution is 2.28. The number of benzene rings is 2. The lowest BCUT2D eigenvalue weighted by Gasteiger charge is -2.11. The minimum atomic E-state index is 0.429. The van der Waals surface area contributed by atoms with Crippen molar-refractivity contribution in [1.82, 2.24) is 14.3 Å². The summed E-state index contributed by atoms with van der Waals surface area (Å²) < 4.78 is 15.5. The van der Waals surface area contributed by atoms with Gasteiger partial charge in [-0.1, -0.05) is 41.9 Å². The second-order valence-corrected chi connectivity index (χ2v) is 6.85. The van der Waals surface area contributed by atoms with Crippen LogP contribution in [-0.2, 0) is 6.54 Å². The zero-order valence-electron chi connectivity index (χ0n) is 16.2. The molecule has 4 aromatic rings. The van der Waals surface area contributed by atoms with Gasteiger partial charge in [0.15, 0.2) is 0 Å². The van der Waals surface area contributed by atoms with Gasteiger partial charge in [-0.15, -0.1) is 0 Å². The molecule has 6 heteroatoms. The van der Waals surface area contributed by atoms with E-state index >= 15 is 0 Å². The Morgan fingerprint density at radius 3 is 2.45 bits per heavy atom. The molecule has 0 aliphatic heterocycles. The summed E-state index contributed by atoms with van der Waals surface area (Å²) in [5.74, 6) is 1.37. The van der Waals surface area contributed by atoms with E-state index in [1.165, 1.54) is 0 Å².